The first kappa shape index (κ1) is 13.1. The minimum Gasteiger partial charge on any atom is -0.342 e. The molecule has 0 aromatic carbocycles. The lowest BCUT2D eigenvalue weighted by atomic mass is 10.0. The highest BCUT2D eigenvalue weighted by atomic mass is 16.2. The third-order valence-electron chi connectivity index (χ3n) is 4.08. The summed E-state index contributed by atoms with van der Waals surface area (Å²) in [6.45, 7) is 2.40. The van der Waals surface area contributed by atoms with Gasteiger partial charge in [-0.3, -0.25) is 14.6 Å². The smallest absolute Gasteiger partial charge is 0.246 e. The normalized spacial score (nSPS) is 26.6. The summed E-state index contributed by atoms with van der Waals surface area (Å²) in [5.74, 6) is 0.372. The van der Waals surface area contributed by atoms with Crippen LogP contribution in [0.25, 0.3) is 0 Å². The van der Waals surface area contributed by atoms with Crippen molar-refractivity contribution in [2.75, 3.05) is 0 Å². The van der Waals surface area contributed by atoms with Crippen LogP contribution in [0, 0.1) is 5.92 Å². The van der Waals surface area contributed by atoms with E-state index in [1.165, 1.54) is 0 Å². The predicted molar refractivity (Wildman–Crippen MR) is 73.5 cm³/mol. The molecule has 2 atom stereocenters. The summed E-state index contributed by atoms with van der Waals surface area (Å²) in [5, 5.41) is 2.90. The standard InChI is InChI=1S/C15H19N3O2/c1-2-12-14(19)17-13(11-5-6-11)15(20)18(12)9-10-4-3-7-16-8-10/h3-4,7-8,11-13H,2,5-6,9H2,1H3,(H,17,19). The average molecular weight is 273 g/mol. The van der Waals surface area contributed by atoms with E-state index < -0.39 is 0 Å². The van der Waals surface area contributed by atoms with Gasteiger partial charge in [0.25, 0.3) is 0 Å². The van der Waals surface area contributed by atoms with Crippen molar-refractivity contribution in [3.05, 3.63) is 30.1 Å². The molecule has 1 saturated carbocycles. The van der Waals surface area contributed by atoms with E-state index in [0.29, 0.717) is 18.9 Å². The Morgan fingerprint density at radius 1 is 1.40 bits per heavy atom. The zero-order chi connectivity index (χ0) is 14.1. The van der Waals surface area contributed by atoms with E-state index in [2.05, 4.69) is 10.3 Å². The summed E-state index contributed by atoms with van der Waals surface area (Å²) in [7, 11) is 0. The molecule has 2 aliphatic rings. The molecule has 1 aromatic heterocycles. The van der Waals surface area contributed by atoms with Gasteiger partial charge in [-0.1, -0.05) is 13.0 Å². The van der Waals surface area contributed by atoms with Gasteiger partial charge in [-0.15, -0.1) is 0 Å². The molecule has 3 rings (SSSR count). The molecule has 2 amide bonds. The average Bonchev–Trinajstić information content (AvgIpc) is 3.28. The van der Waals surface area contributed by atoms with E-state index in [9.17, 15) is 9.59 Å². The second kappa shape index (κ2) is 5.23. The number of carbonyl (C=O) groups excluding carboxylic acids is 2. The number of pyridine rings is 1. The Balaban J connectivity index is 1.83. The van der Waals surface area contributed by atoms with Crippen molar-refractivity contribution in [1.82, 2.24) is 15.2 Å². The molecule has 5 nitrogen and oxygen atoms in total. The van der Waals surface area contributed by atoms with Crippen LogP contribution in [0.2, 0.25) is 0 Å². The molecule has 2 fully saturated rings. The summed E-state index contributed by atoms with van der Waals surface area (Å²) >= 11 is 0. The van der Waals surface area contributed by atoms with Crippen molar-refractivity contribution >= 4 is 11.8 Å². The molecule has 1 N–H and O–H groups in total. The Morgan fingerprint density at radius 2 is 2.20 bits per heavy atom. The quantitative estimate of drug-likeness (QED) is 0.893. The van der Waals surface area contributed by atoms with Crippen LogP contribution in [0.5, 0.6) is 0 Å². The zero-order valence-electron chi connectivity index (χ0n) is 11.6. The lowest BCUT2D eigenvalue weighted by Gasteiger charge is -2.38. The fourth-order valence-electron chi connectivity index (χ4n) is 2.82. The summed E-state index contributed by atoms with van der Waals surface area (Å²) in [6.07, 6.45) is 6.16. The van der Waals surface area contributed by atoms with E-state index in [1.54, 1.807) is 17.3 Å². The molecule has 1 aromatic rings. The van der Waals surface area contributed by atoms with Crippen LogP contribution in [0.15, 0.2) is 24.5 Å². The van der Waals surface area contributed by atoms with Gasteiger partial charge in [0, 0.05) is 18.9 Å². The first-order valence-electron chi connectivity index (χ1n) is 7.20. The highest BCUT2D eigenvalue weighted by Crippen LogP contribution is 2.35. The maximum atomic E-state index is 12.6. The van der Waals surface area contributed by atoms with Crippen LogP contribution in [0.1, 0.15) is 31.7 Å². The zero-order valence-corrected chi connectivity index (χ0v) is 11.6. The highest BCUT2D eigenvalue weighted by molar-refractivity contribution is 5.97. The van der Waals surface area contributed by atoms with Gasteiger partial charge in [0.05, 0.1) is 0 Å². The van der Waals surface area contributed by atoms with Crippen molar-refractivity contribution in [2.24, 2.45) is 5.92 Å². The summed E-state index contributed by atoms with van der Waals surface area (Å²) in [4.78, 5) is 30.6. The first-order chi connectivity index (χ1) is 9.70. The second-order valence-electron chi connectivity index (χ2n) is 5.58. The topological polar surface area (TPSA) is 62.3 Å². The number of nitrogens with zero attached hydrogens (tertiary/aromatic N) is 2. The molecule has 5 heteroatoms. The monoisotopic (exact) mass is 273 g/mol. The lowest BCUT2D eigenvalue weighted by molar-refractivity contribution is -0.150. The first-order valence-corrected chi connectivity index (χ1v) is 7.20. The van der Waals surface area contributed by atoms with Gasteiger partial charge in [-0.25, -0.2) is 0 Å². The van der Waals surface area contributed by atoms with Crippen LogP contribution in [0.3, 0.4) is 0 Å². The maximum absolute atomic E-state index is 12.6. The summed E-state index contributed by atoms with van der Waals surface area (Å²) < 4.78 is 0. The van der Waals surface area contributed by atoms with E-state index >= 15 is 0 Å². The Labute approximate surface area is 118 Å². The second-order valence-corrected chi connectivity index (χ2v) is 5.58. The van der Waals surface area contributed by atoms with Crippen LogP contribution in [-0.4, -0.2) is 33.8 Å². The van der Waals surface area contributed by atoms with Gasteiger partial charge in [0.15, 0.2) is 0 Å². The Morgan fingerprint density at radius 3 is 2.80 bits per heavy atom. The summed E-state index contributed by atoms with van der Waals surface area (Å²) in [5.41, 5.74) is 0.962. The van der Waals surface area contributed by atoms with Gasteiger partial charge in [-0.05, 0) is 36.8 Å². The summed E-state index contributed by atoms with van der Waals surface area (Å²) in [6, 6.07) is 3.11. The van der Waals surface area contributed by atoms with Crippen molar-refractivity contribution < 1.29 is 9.59 Å². The number of hydrogen-bond acceptors (Lipinski definition) is 3. The third-order valence-corrected chi connectivity index (χ3v) is 4.08. The predicted octanol–water partition coefficient (Wildman–Crippen LogP) is 1.10. The molecule has 1 aliphatic carbocycles. The molecule has 0 spiro atoms. The van der Waals surface area contributed by atoms with Crippen molar-refractivity contribution in [1.29, 1.82) is 0 Å². The Bertz CT molecular complexity index is 513. The van der Waals surface area contributed by atoms with Gasteiger partial charge < -0.3 is 10.2 Å². The lowest BCUT2D eigenvalue weighted by Crippen LogP contribution is -2.63. The van der Waals surface area contributed by atoms with E-state index in [4.69, 9.17) is 0 Å². The molecular formula is C15H19N3O2. The van der Waals surface area contributed by atoms with Crippen LogP contribution >= 0.6 is 0 Å². The van der Waals surface area contributed by atoms with Gasteiger partial charge in [0.1, 0.15) is 12.1 Å². The minimum absolute atomic E-state index is 0.0205. The molecule has 0 radical (unpaired) electrons. The van der Waals surface area contributed by atoms with Crippen LogP contribution in [0.4, 0.5) is 0 Å². The van der Waals surface area contributed by atoms with Crippen molar-refractivity contribution in [2.45, 2.75) is 44.8 Å². The largest absolute Gasteiger partial charge is 0.342 e. The Kier molecular flexibility index (Phi) is 3.42. The maximum Gasteiger partial charge on any atom is 0.246 e. The van der Waals surface area contributed by atoms with Crippen molar-refractivity contribution in [3.63, 3.8) is 0 Å². The molecule has 1 saturated heterocycles. The van der Waals surface area contributed by atoms with Crippen LogP contribution < -0.4 is 5.32 Å². The minimum atomic E-state index is -0.363. The molecule has 2 heterocycles. The van der Waals surface area contributed by atoms with Crippen molar-refractivity contribution in [3.8, 4) is 0 Å². The molecule has 1 aliphatic heterocycles. The Hall–Kier alpha value is -1.91. The number of amides is 2. The van der Waals surface area contributed by atoms with Crippen LogP contribution in [-0.2, 0) is 16.1 Å². The number of nitrogens with one attached hydrogen (secondary N) is 1. The van der Waals surface area contributed by atoms with Gasteiger partial charge in [0.2, 0.25) is 11.8 Å². The SMILES string of the molecule is CCC1C(=O)NC(C2CC2)C(=O)N1Cc1cccnc1. The molecule has 2 unspecified atom stereocenters. The van der Waals surface area contributed by atoms with Gasteiger partial charge >= 0.3 is 0 Å². The number of rotatable bonds is 4. The van der Waals surface area contributed by atoms with E-state index in [1.807, 2.05) is 19.1 Å². The van der Waals surface area contributed by atoms with E-state index in [-0.39, 0.29) is 23.9 Å². The van der Waals surface area contributed by atoms with Gasteiger partial charge in [-0.2, -0.15) is 0 Å². The third kappa shape index (κ3) is 2.40. The molecule has 20 heavy (non-hydrogen) atoms. The molecule has 0 bridgehead atoms. The number of aromatic nitrogens is 1. The number of hydrogen-bond donors (Lipinski definition) is 1. The molecule has 106 valence electrons. The number of carbonyl (C=O) groups is 2. The molecular weight excluding hydrogens is 254 g/mol. The fraction of sp³-hybridized carbons (Fsp3) is 0.533. The number of piperazine rings is 1. The van der Waals surface area contributed by atoms with E-state index in [0.717, 1.165) is 18.4 Å². The fourth-order valence-corrected chi connectivity index (χ4v) is 2.82. The highest BCUT2D eigenvalue weighted by Gasteiger charge is 2.46.